The fourth-order valence-corrected chi connectivity index (χ4v) is 1.74. The molecule has 0 aromatic heterocycles. The van der Waals surface area contributed by atoms with E-state index in [-0.39, 0.29) is 5.78 Å². The van der Waals surface area contributed by atoms with E-state index < -0.39 is 5.82 Å². The first-order chi connectivity index (χ1) is 10.2. The van der Waals surface area contributed by atoms with Gasteiger partial charge in [-0.25, -0.2) is 4.39 Å². The van der Waals surface area contributed by atoms with Crippen LogP contribution in [0.1, 0.15) is 15.9 Å². The number of carbonyl (C=O) groups excluding carboxylic acids is 1. The zero-order valence-corrected chi connectivity index (χ0v) is 11.5. The van der Waals surface area contributed by atoms with Gasteiger partial charge in [-0.05, 0) is 35.9 Å². The van der Waals surface area contributed by atoms with Gasteiger partial charge >= 0.3 is 0 Å². The molecule has 0 radical (unpaired) electrons. The van der Waals surface area contributed by atoms with Gasteiger partial charge in [0.2, 0.25) is 0 Å². The number of hydrogen-bond acceptors (Lipinski definition) is 2. The van der Waals surface area contributed by atoms with Gasteiger partial charge in [-0.1, -0.05) is 43.0 Å². The first-order valence-electron chi connectivity index (χ1n) is 6.51. The van der Waals surface area contributed by atoms with Crippen LogP contribution in [-0.4, -0.2) is 12.4 Å². The van der Waals surface area contributed by atoms with E-state index in [2.05, 4.69) is 6.58 Å². The molecule has 0 aliphatic heterocycles. The number of benzene rings is 2. The van der Waals surface area contributed by atoms with E-state index in [1.54, 1.807) is 18.2 Å². The third kappa shape index (κ3) is 4.42. The van der Waals surface area contributed by atoms with Gasteiger partial charge in [0.05, 0.1) is 0 Å². The number of halogens is 1. The van der Waals surface area contributed by atoms with E-state index >= 15 is 0 Å². The third-order valence-electron chi connectivity index (χ3n) is 2.78. The monoisotopic (exact) mass is 282 g/mol. The molecule has 0 bridgehead atoms. The van der Waals surface area contributed by atoms with Gasteiger partial charge in [0, 0.05) is 5.56 Å². The van der Waals surface area contributed by atoms with Gasteiger partial charge in [-0.2, -0.15) is 0 Å². The summed E-state index contributed by atoms with van der Waals surface area (Å²) >= 11 is 0. The predicted molar refractivity (Wildman–Crippen MR) is 81.9 cm³/mol. The Balaban J connectivity index is 2.03. The zero-order chi connectivity index (χ0) is 15.1. The van der Waals surface area contributed by atoms with Gasteiger partial charge in [0.15, 0.2) is 5.78 Å². The molecule has 106 valence electrons. The highest BCUT2D eigenvalue weighted by Gasteiger charge is 2.02. The van der Waals surface area contributed by atoms with Crippen LogP contribution in [0.5, 0.6) is 5.75 Å². The van der Waals surface area contributed by atoms with Crippen molar-refractivity contribution in [2.45, 2.75) is 0 Å². The van der Waals surface area contributed by atoms with Crippen molar-refractivity contribution in [3.63, 3.8) is 0 Å². The Hall–Kier alpha value is -2.68. The van der Waals surface area contributed by atoms with E-state index in [0.717, 1.165) is 11.3 Å². The molecular weight excluding hydrogens is 267 g/mol. The first kappa shape index (κ1) is 14.7. The molecule has 0 unspecified atom stereocenters. The number of ether oxygens (including phenoxy) is 1. The van der Waals surface area contributed by atoms with Crippen LogP contribution < -0.4 is 4.74 Å². The summed E-state index contributed by atoms with van der Waals surface area (Å²) in [5, 5.41) is 0. The number of allylic oxidation sites excluding steroid dienone is 1. The molecule has 2 aromatic rings. The van der Waals surface area contributed by atoms with Crippen LogP contribution >= 0.6 is 0 Å². The molecule has 0 saturated heterocycles. The highest BCUT2D eigenvalue weighted by Crippen LogP contribution is 2.14. The number of ketones is 1. The molecule has 0 aliphatic rings. The van der Waals surface area contributed by atoms with E-state index in [1.165, 1.54) is 24.3 Å². The maximum atomic E-state index is 13.0. The lowest BCUT2D eigenvalue weighted by Gasteiger charge is -2.02. The molecule has 0 atom stereocenters. The lowest BCUT2D eigenvalue weighted by molar-refractivity contribution is 0.104. The van der Waals surface area contributed by atoms with Gasteiger partial charge in [0.1, 0.15) is 18.2 Å². The SMILES string of the molecule is C=CCOc1ccc(/C=C/C(=O)c2cccc(F)c2)cc1. The molecule has 0 amide bonds. The van der Waals surface area contributed by atoms with Crippen LogP contribution in [0.15, 0.2) is 67.3 Å². The molecule has 2 aromatic carbocycles. The number of hydrogen-bond donors (Lipinski definition) is 0. The zero-order valence-electron chi connectivity index (χ0n) is 11.5. The van der Waals surface area contributed by atoms with Crippen LogP contribution in [0.25, 0.3) is 6.08 Å². The summed E-state index contributed by atoms with van der Waals surface area (Å²) in [6.07, 6.45) is 4.78. The van der Waals surface area contributed by atoms with E-state index in [4.69, 9.17) is 4.74 Å². The van der Waals surface area contributed by atoms with Crippen LogP contribution in [0, 0.1) is 5.82 Å². The van der Waals surface area contributed by atoms with Crippen molar-refractivity contribution < 1.29 is 13.9 Å². The molecule has 0 N–H and O–H groups in total. The molecule has 0 fully saturated rings. The maximum absolute atomic E-state index is 13.0. The third-order valence-corrected chi connectivity index (χ3v) is 2.78. The molecule has 2 rings (SSSR count). The minimum Gasteiger partial charge on any atom is -0.490 e. The highest BCUT2D eigenvalue weighted by molar-refractivity contribution is 6.06. The van der Waals surface area contributed by atoms with Crippen molar-refractivity contribution in [2.24, 2.45) is 0 Å². The Morgan fingerprint density at radius 3 is 2.62 bits per heavy atom. The van der Waals surface area contributed by atoms with Crippen molar-refractivity contribution in [1.82, 2.24) is 0 Å². The second kappa shape index (κ2) is 7.20. The van der Waals surface area contributed by atoms with Crippen LogP contribution in [-0.2, 0) is 0 Å². The quantitative estimate of drug-likeness (QED) is 0.449. The number of carbonyl (C=O) groups is 1. The molecular formula is C18H15FO2. The van der Waals surface area contributed by atoms with Gasteiger partial charge in [-0.15, -0.1) is 0 Å². The second-order valence-corrected chi connectivity index (χ2v) is 4.38. The predicted octanol–water partition coefficient (Wildman–Crippen LogP) is 4.29. The Morgan fingerprint density at radius 2 is 1.95 bits per heavy atom. The summed E-state index contributed by atoms with van der Waals surface area (Å²) in [5.41, 5.74) is 1.20. The lowest BCUT2D eigenvalue weighted by Crippen LogP contribution is -1.94. The first-order valence-corrected chi connectivity index (χ1v) is 6.51. The van der Waals surface area contributed by atoms with Gasteiger partial charge in [0.25, 0.3) is 0 Å². The standard InChI is InChI=1S/C18H15FO2/c1-2-12-21-17-9-6-14(7-10-17)8-11-18(20)15-4-3-5-16(19)13-15/h2-11,13H,1,12H2/b11-8+. The smallest absolute Gasteiger partial charge is 0.185 e. The molecule has 0 spiro atoms. The minimum atomic E-state index is -0.419. The van der Waals surface area contributed by atoms with Crippen molar-refractivity contribution >= 4 is 11.9 Å². The van der Waals surface area contributed by atoms with Crippen LogP contribution in [0.3, 0.4) is 0 Å². The topological polar surface area (TPSA) is 26.3 Å². The van der Waals surface area contributed by atoms with Crippen molar-refractivity contribution in [1.29, 1.82) is 0 Å². The second-order valence-electron chi connectivity index (χ2n) is 4.38. The summed E-state index contributed by atoms with van der Waals surface area (Å²) in [4.78, 5) is 11.9. The Morgan fingerprint density at radius 1 is 1.19 bits per heavy atom. The minimum absolute atomic E-state index is 0.235. The van der Waals surface area contributed by atoms with Crippen molar-refractivity contribution in [2.75, 3.05) is 6.61 Å². The Bertz CT molecular complexity index is 657. The number of rotatable bonds is 6. The normalized spacial score (nSPS) is 10.5. The molecule has 21 heavy (non-hydrogen) atoms. The molecule has 0 heterocycles. The van der Waals surface area contributed by atoms with Crippen LogP contribution in [0.4, 0.5) is 4.39 Å². The summed E-state index contributed by atoms with van der Waals surface area (Å²) in [6, 6.07) is 12.9. The fraction of sp³-hybridized carbons (Fsp3) is 0.0556. The van der Waals surface area contributed by atoms with Crippen molar-refractivity contribution in [3.05, 3.63) is 84.2 Å². The van der Waals surface area contributed by atoms with Crippen molar-refractivity contribution in [3.8, 4) is 5.75 Å². The summed E-state index contributed by atoms with van der Waals surface area (Å²) < 4.78 is 18.4. The summed E-state index contributed by atoms with van der Waals surface area (Å²) in [6.45, 7) is 4.03. The highest BCUT2D eigenvalue weighted by atomic mass is 19.1. The van der Waals surface area contributed by atoms with E-state index in [9.17, 15) is 9.18 Å². The average Bonchev–Trinajstić information content (AvgIpc) is 2.51. The molecule has 0 saturated carbocycles. The van der Waals surface area contributed by atoms with Gasteiger partial charge in [-0.3, -0.25) is 4.79 Å². The Labute approximate surface area is 123 Å². The fourth-order valence-electron chi connectivity index (χ4n) is 1.74. The van der Waals surface area contributed by atoms with E-state index in [1.807, 2.05) is 24.3 Å². The van der Waals surface area contributed by atoms with Gasteiger partial charge < -0.3 is 4.74 Å². The lowest BCUT2D eigenvalue weighted by atomic mass is 10.1. The van der Waals surface area contributed by atoms with E-state index in [0.29, 0.717) is 12.2 Å². The van der Waals surface area contributed by atoms with Crippen LogP contribution in [0.2, 0.25) is 0 Å². The summed E-state index contributed by atoms with van der Waals surface area (Å²) in [5.74, 6) is 0.0861. The molecule has 3 heteroatoms. The molecule has 0 aliphatic carbocycles. The maximum Gasteiger partial charge on any atom is 0.185 e. The molecule has 2 nitrogen and oxygen atoms in total. The summed E-state index contributed by atoms with van der Waals surface area (Å²) in [7, 11) is 0. The Kier molecular flexibility index (Phi) is 5.04. The average molecular weight is 282 g/mol. The largest absolute Gasteiger partial charge is 0.490 e.